The lowest BCUT2D eigenvalue weighted by molar-refractivity contribution is 0.400. The minimum absolute atomic E-state index is 0.146. The lowest BCUT2D eigenvalue weighted by Crippen LogP contribution is -2.11. The fraction of sp³-hybridized carbons (Fsp3) is 0.500. The molecule has 1 aromatic rings. The normalized spacial score (nSPS) is 9.80. The first-order valence-electron chi connectivity index (χ1n) is 2.50. The van der Waals surface area contributed by atoms with Gasteiger partial charge in [-0.2, -0.15) is 12.6 Å². The van der Waals surface area contributed by atoms with Crippen molar-refractivity contribution >= 4 is 24.0 Å². The molecule has 0 atom stereocenters. The van der Waals surface area contributed by atoms with Crippen LogP contribution in [-0.4, -0.2) is 16.9 Å². The molecule has 1 aromatic heterocycles. The maximum atomic E-state index is 10.8. The number of methoxy groups -OCH3 is 1. The molecular weight excluding hydrogens is 172 g/mol. The second-order valence-corrected chi connectivity index (χ2v) is 2.66. The van der Waals surface area contributed by atoms with Crippen molar-refractivity contribution in [2.45, 2.75) is 5.88 Å². The van der Waals surface area contributed by atoms with Crippen molar-refractivity contribution in [2.75, 3.05) is 7.11 Å². The molecule has 0 saturated heterocycles. The van der Waals surface area contributed by atoms with Gasteiger partial charge in [0.05, 0.1) is 13.0 Å². The predicted octanol–water partition coefficient (Wildman–Crippen LogP) is 0.201. The Labute approximate surface area is 66.8 Å². The maximum absolute atomic E-state index is 10.8. The maximum Gasteiger partial charge on any atom is 0.329 e. The Hall–Kier alpha value is -0.490. The van der Waals surface area contributed by atoms with E-state index in [4.69, 9.17) is 4.74 Å². The molecule has 0 aliphatic rings. The lowest BCUT2D eigenvalue weighted by atomic mass is 11.2. The summed E-state index contributed by atoms with van der Waals surface area (Å²) in [7, 11) is 1.47. The number of thiol groups is 1. The third-order valence-corrected chi connectivity index (χ3v) is 1.97. The summed E-state index contributed by atoms with van der Waals surface area (Å²) in [5, 5.41) is 4.14. The van der Waals surface area contributed by atoms with Crippen molar-refractivity contribution in [3.8, 4) is 5.19 Å². The Morgan fingerprint density at radius 3 is 2.90 bits per heavy atom. The van der Waals surface area contributed by atoms with Crippen LogP contribution < -0.4 is 9.61 Å². The van der Waals surface area contributed by atoms with Gasteiger partial charge in [-0.05, 0) is 11.3 Å². The van der Waals surface area contributed by atoms with Crippen LogP contribution in [0, 0.1) is 0 Å². The summed E-state index contributed by atoms with van der Waals surface area (Å²) in [6.07, 6.45) is 0. The van der Waals surface area contributed by atoms with Gasteiger partial charge < -0.3 is 4.74 Å². The van der Waals surface area contributed by atoms with Crippen LogP contribution in [0.15, 0.2) is 4.79 Å². The van der Waals surface area contributed by atoms with Gasteiger partial charge in [-0.15, -0.1) is 5.10 Å². The largest absolute Gasteiger partial charge is 0.472 e. The van der Waals surface area contributed by atoms with Crippen LogP contribution in [0.1, 0.15) is 0 Å². The molecule has 0 aliphatic heterocycles. The number of rotatable bonds is 2. The first kappa shape index (κ1) is 7.62. The van der Waals surface area contributed by atoms with Crippen molar-refractivity contribution in [3.05, 3.63) is 9.67 Å². The van der Waals surface area contributed by atoms with Crippen LogP contribution in [0.5, 0.6) is 5.19 Å². The van der Waals surface area contributed by atoms with Gasteiger partial charge in [0.25, 0.3) is 5.19 Å². The molecular formula is C4H6N2O2S2. The number of hydrogen-bond acceptors (Lipinski definition) is 5. The molecule has 1 heterocycles. The number of ether oxygens (including phenoxy) is 1. The first-order valence-corrected chi connectivity index (χ1v) is 3.95. The van der Waals surface area contributed by atoms with Gasteiger partial charge >= 0.3 is 4.87 Å². The molecule has 0 saturated carbocycles. The van der Waals surface area contributed by atoms with E-state index in [1.807, 2.05) is 0 Å². The molecule has 0 aliphatic carbocycles. The van der Waals surface area contributed by atoms with E-state index < -0.39 is 0 Å². The smallest absolute Gasteiger partial charge is 0.329 e. The Bertz CT molecular complexity index is 266. The number of nitrogens with zero attached hydrogens (tertiary/aromatic N) is 2. The van der Waals surface area contributed by atoms with E-state index in [-0.39, 0.29) is 4.87 Å². The zero-order valence-corrected chi connectivity index (χ0v) is 6.98. The van der Waals surface area contributed by atoms with Crippen molar-refractivity contribution in [1.29, 1.82) is 0 Å². The molecule has 6 heteroatoms. The van der Waals surface area contributed by atoms with E-state index in [0.29, 0.717) is 11.1 Å². The second kappa shape index (κ2) is 3.07. The third-order valence-electron chi connectivity index (χ3n) is 0.896. The van der Waals surface area contributed by atoms with Crippen molar-refractivity contribution in [3.63, 3.8) is 0 Å². The Morgan fingerprint density at radius 2 is 2.60 bits per heavy atom. The molecule has 1 rings (SSSR count). The van der Waals surface area contributed by atoms with Gasteiger partial charge in [-0.3, -0.25) is 4.79 Å². The van der Waals surface area contributed by atoms with E-state index in [9.17, 15) is 4.79 Å². The average molecular weight is 178 g/mol. The highest BCUT2D eigenvalue weighted by atomic mass is 32.1. The summed E-state index contributed by atoms with van der Waals surface area (Å²) < 4.78 is 5.96. The Kier molecular flexibility index (Phi) is 2.34. The fourth-order valence-electron chi connectivity index (χ4n) is 0.459. The fourth-order valence-corrected chi connectivity index (χ4v) is 1.33. The average Bonchev–Trinajstić information content (AvgIpc) is 2.30. The van der Waals surface area contributed by atoms with E-state index in [0.717, 1.165) is 11.3 Å². The SMILES string of the molecule is COc1nn(CS)c(=O)s1. The molecule has 0 bridgehead atoms. The number of hydrogen-bond donors (Lipinski definition) is 1. The second-order valence-electron chi connectivity index (χ2n) is 1.48. The van der Waals surface area contributed by atoms with Crippen LogP contribution in [0.25, 0.3) is 0 Å². The molecule has 0 unspecified atom stereocenters. The predicted molar refractivity (Wildman–Crippen MR) is 41.9 cm³/mol. The minimum atomic E-state index is -0.146. The standard InChI is InChI=1S/C4H6N2O2S2/c1-8-3-5-6(2-9)4(7)10-3/h9H,2H2,1H3. The molecule has 0 amide bonds. The monoisotopic (exact) mass is 178 g/mol. The molecule has 0 radical (unpaired) electrons. The zero-order chi connectivity index (χ0) is 7.56. The summed E-state index contributed by atoms with van der Waals surface area (Å²) in [5.74, 6) is 0.290. The van der Waals surface area contributed by atoms with E-state index in [1.54, 1.807) is 0 Å². The van der Waals surface area contributed by atoms with Gasteiger partial charge in [-0.1, -0.05) is 0 Å². The molecule has 0 N–H and O–H groups in total. The highest BCUT2D eigenvalue weighted by molar-refractivity contribution is 7.79. The van der Waals surface area contributed by atoms with E-state index >= 15 is 0 Å². The van der Waals surface area contributed by atoms with Crippen molar-refractivity contribution in [1.82, 2.24) is 9.78 Å². The van der Waals surface area contributed by atoms with E-state index in [2.05, 4.69) is 17.7 Å². The van der Waals surface area contributed by atoms with Gasteiger partial charge in [0.1, 0.15) is 0 Å². The van der Waals surface area contributed by atoms with Crippen molar-refractivity contribution in [2.24, 2.45) is 0 Å². The molecule has 0 fully saturated rings. The quantitative estimate of drug-likeness (QED) is 0.658. The Morgan fingerprint density at radius 1 is 1.90 bits per heavy atom. The van der Waals surface area contributed by atoms with Crippen LogP contribution in [0.2, 0.25) is 0 Å². The molecule has 4 nitrogen and oxygen atoms in total. The van der Waals surface area contributed by atoms with Crippen LogP contribution >= 0.6 is 24.0 Å². The first-order chi connectivity index (χ1) is 4.77. The number of aromatic nitrogens is 2. The topological polar surface area (TPSA) is 44.1 Å². The summed E-state index contributed by atoms with van der Waals surface area (Å²) in [5.41, 5.74) is 0. The molecule has 0 aromatic carbocycles. The molecule has 0 spiro atoms. The summed E-state index contributed by atoms with van der Waals surface area (Å²) >= 11 is 4.85. The lowest BCUT2D eigenvalue weighted by Gasteiger charge is -1.88. The summed E-state index contributed by atoms with van der Waals surface area (Å²) in [4.78, 5) is 10.7. The Balaban J connectivity index is 3.04. The van der Waals surface area contributed by atoms with Crippen LogP contribution in [-0.2, 0) is 5.88 Å². The highest BCUT2D eigenvalue weighted by Gasteiger charge is 2.02. The van der Waals surface area contributed by atoms with E-state index in [1.165, 1.54) is 11.8 Å². The van der Waals surface area contributed by atoms with Gasteiger partial charge in [0.2, 0.25) is 0 Å². The van der Waals surface area contributed by atoms with Gasteiger partial charge in [-0.25, -0.2) is 4.68 Å². The summed E-state index contributed by atoms with van der Waals surface area (Å²) in [6, 6.07) is 0. The van der Waals surface area contributed by atoms with Crippen LogP contribution in [0.4, 0.5) is 0 Å². The van der Waals surface area contributed by atoms with Crippen molar-refractivity contribution < 1.29 is 4.74 Å². The highest BCUT2D eigenvalue weighted by Crippen LogP contribution is 2.07. The third kappa shape index (κ3) is 1.32. The zero-order valence-electron chi connectivity index (χ0n) is 5.27. The summed E-state index contributed by atoms with van der Waals surface area (Å²) in [6.45, 7) is 0. The van der Waals surface area contributed by atoms with Gasteiger partial charge in [0.15, 0.2) is 0 Å². The van der Waals surface area contributed by atoms with Crippen LogP contribution in [0.3, 0.4) is 0 Å². The molecule has 56 valence electrons. The van der Waals surface area contributed by atoms with Gasteiger partial charge in [0, 0.05) is 0 Å². The molecule has 10 heavy (non-hydrogen) atoms. The minimum Gasteiger partial charge on any atom is -0.472 e.